The summed E-state index contributed by atoms with van der Waals surface area (Å²) in [5, 5.41) is 22.9. The Hall–Kier alpha value is -2.32. The van der Waals surface area contributed by atoms with Crippen molar-refractivity contribution in [1.29, 1.82) is 0 Å². The van der Waals surface area contributed by atoms with E-state index in [1.54, 1.807) is 6.20 Å². The maximum absolute atomic E-state index is 12.1. The Balaban J connectivity index is 1.26. The third-order valence-electron chi connectivity index (χ3n) is 6.28. The molecule has 7 nitrogen and oxygen atoms in total. The van der Waals surface area contributed by atoms with Crippen LogP contribution in [-0.2, 0) is 16.0 Å². The highest BCUT2D eigenvalue weighted by molar-refractivity contribution is 5.75. The van der Waals surface area contributed by atoms with Gasteiger partial charge in [-0.15, -0.1) is 0 Å². The Morgan fingerprint density at radius 1 is 1.15 bits per heavy atom. The summed E-state index contributed by atoms with van der Waals surface area (Å²) in [6.07, 6.45) is 6.26. The molecule has 4 atom stereocenters. The number of aryl methyl sites for hydroxylation is 1. The van der Waals surface area contributed by atoms with E-state index in [0.717, 1.165) is 24.8 Å². The lowest BCUT2D eigenvalue weighted by molar-refractivity contribution is -0.231. The van der Waals surface area contributed by atoms with Crippen LogP contribution in [0.1, 0.15) is 44.6 Å². The number of nitrogens with zero attached hydrogens (tertiary/aromatic N) is 2. The monoisotopic (exact) mass is 455 g/mol. The van der Waals surface area contributed by atoms with Crippen molar-refractivity contribution < 1.29 is 19.7 Å². The number of rotatable bonds is 11. The van der Waals surface area contributed by atoms with E-state index in [1.165, 1.54) is 11.1 Å². The number of nitrogens with one attached hydrogen (secondary N) is 1. The van der Waals surface area contributed by atoms with Gasteiger partial charge in [0, 0.05) is 31.4 Å². The number of hydrogen-bond donors (Lipinski definition) is 3. The Morgan fingerprint density at radius 3 is 2.67 bits per heavy atom. The Labute approximate surface area is 196 Å². The molecule has 0 bridgehead atoms. The molecule has 1 aromatic carbocycles. The lowest BCUT2D eigenvalue weighted by atomic mass is 9.98. The number of pyridine rings is 1. The van der Waals surface area contributed by atoms with Crippen LogP contribution in [0.3, 0.4) is 0 Å². The van der Waals surface area contributed by atoms with Gasteiger partial charge in [0.2, 0.25) is 5.91 Å². The van der Waals surface area contributed by atoms with Gasteiger partial charge in [0.15, 0.2) is 6.29 Å². The molecule has 1 unspecified atom stereocenters. The predicted octanol–water partition coefficient (Wildman–Crippen LogP) is 2.76. The molecule has 1 aliphatic heterocycles. The van der Waals surface area contributed by atoms with E-state index in [2.05, 4.69) is 40.6 Å². The number of unbranched alkanes of at least 4 members (excludes halogenated alkanes) is 1. The summed E-state index contributed by atoms with van der Waals surface area (Å²) >= 11 is 0. The van der Waals surface area contributed by atoms with Crippen molar-refractivity contribution in [2.24, 2.45) is 0 Å². The van der Waals surface area contributed by atoms with Gasteiger partial charge in [-0.05, 0) is 75.4 Å². The van der Waals surface area contributed by atoms with Gasteiger partial charge in [-0.1, -0.05) is 30.3 Å². The largest absolute Gasteiger partial charge is 0.386 e. The number of ether oxygens (including phenoxy) is 1. The highest BCUT2D eigenvalue weighted by Gasteiger charge is 2.36. The van der Waals surface area contributed by atoms with E-state index in [-0.39, 0.29) is 18.1 Å². The molecule has 0 aliphatic carbocycles. The van der Waals surface area contributed by atoms with E-state index < -0.39 is 12.4 Å². The highest BCUT2D eigenvalue weighted by Crippen LogP contribution is 2.23. The molecular formula is C26H37N3O4. The van der Waals surface area contributed by atoms with Gasteiger partial charge >= 0.3 is 0 Å². The van der Waals surface area contributed by atoms with Crippen LogP contribution < -0.4 is 5.32 Å². The number of aliphatic hydroxyl groups is 2. The fourth-order valence-corrected chi connectivity index (χ4v) is 4.31. The summed E-state index contributed by atoms with van der Waals surface area (Å²) in [5.41, 5.74) is 3.59. The van der Waals surface area contributed by atoms with Gasteiger partial charge in [-0.25, -0.2) is 0 Å². The van der Waals surface area contributed by atoms with E-state index in [9.17, 15) is 15.0 Å². The van der Waals surface area contributed by atoms with Crippen LogP contribution in [0.15, 0.2) is 48.8 Å². The second kappa shape index (κ2) is 12.8. The molecule has 2 aromatic rings. The second-order valence-electron chi connectivity index (χ2n) is 8.96. The second-order valence-corrected chi connectivity index (χ2v) is 8.96. The summed E-state index contributed by atoms with van der Waals surface area (Å²) in [7, 11) is 1.92. The lowest BCUT2D eigenvalue weighted by Gasteiger charge is -2.40. The number of aliphatic hydroxyl groups excluding tert-OH is 2. The number of amides is 1. The number of benzene rings is 1. The van der Waals surface area contributed by atoms with E-state index >= 15 is 0 Å². The maximum atomic E-state index is 12.1. The molecule has 3 rings (SSSR count). The SMILES string of the molecule is C[C@@H]1C[C@H](N(C)CCCC(=O)NCCCCc2ccc(-c3cccnc3)cc2)[C@@H](O)C(O)O1. The summed E-state index contributed by atoms with van der Waals surface area (Å²) in [6.45, 7) is 3.26. The van der Waals surface area contributed by atoms with Gasteiger partial charge in [0.25, 0.3) is 0 Å². The first-order chi connectivity index (χ1) is 15.9. The van der Waals surface area contributed by atoms with Crippen LogP contribution in [0.5, 0.6) is 0 Å². The molecule has 7 heteroatoms. The van der Waals surface area contributed by atoms with Crippen molar-refractivity contribution in [1.82, 2.24) is 15.2 Å². The highest BCUT2D eigenvalue weighted by atomic mass is 16.6. The third-order valence-corrected chi connectivity index (χ3v) is 6.28. The Kier molecular flexibility index (Phi) is 9.81. The maximum Gasteiger partial charge on any atom is 0.220 e. The minimum absolute atomic E-state index is 0.0603. The zero-order chi connectivity index (χ0) is 23.6. The first-order valence-electron chi connectivity index (χ1n) is 11.9. The minimum atomic E-state index is -1.15. The van der Waals surface area contributed by atoms with Crippen molar-refractivity contribution in [3.05, 3.63) is 54.4 Å². The molecular weight excluding hydrogens is 418 g/mol. The van der Waals surface area contributed by atoms with Gasteiger partial charge in [-0.3, -0.25) is 9.78 Å². The molecule has 0 saturated carbocycles. The van der Waals surface area contributed by atoms with Crippen LogP contribution in [-0.4, -0.2) is 70.7 Å². The molecule has 33 heavy (non-hydrogen) atoms. The quantitative estimate of drug-likeness (QED) is 0.451. The van der Waals surface area contributed by atoms with E-state index in [4.69, 9.17) is 4.74 Å². The fraction of sp³-hybridized carbons (Fsp3) is 0.538. The van der Waals surface area contributed by atoms with Crippen LogP contribution in [0, 0.1) is 0 Å². The number of aromatic nitrogens is 1. The third kappa shape index (κ3) is 7.89. The van der Waals surface area contributed by atoms with Crippen molar-refractivity contribution in [3.63, 3.8) is 0 Å². The first kappa shape index (κ1) is 25.3. The summed E-state index contributed by atoms with van der Waals surface area (Å²) in [6, 6.07) is 12.4. The van der Waals surface area contributed by atoms with Crippen molar-refractivity contribution in [3.8, 4) is 11.1 Å². The molecule has 0 radical (unpaired) electrons. The molecule has 180 valence electrons. The number of likely N-dealkylation sites (N-methyl/N-ethyl adjacent to an activating group) is 1. The van der Waals surface area contributed by atoms with Gasteiger partial charge in [-0.2, -0.15) is 0 Å². The van der Waals surface area contributed by atoms with Gasteiger partial charge in [0.1, 0.15) is 6.10 Å². The molecule has 1 aromatic heterocycles. The van der Waals surface area contributed by atoms with Crippen molar-refractivity contribution in [2.75, 3.05) is 20.1 Å². The van der Waals surface area contributed by atoms with Crippen LogP contribution >= 0.6 is 0 Å². The lowest BCUT2D eigenvalue weighted by Crippen LogP contribution is -2.54. The number of carbonyl (C=O) groups excluding carboxylic acids is 1. The van der Waals surface area contributed by atoms with E-state index in [0.29, 0.717) is 32.4 Å². The average molecular weight is 456 g/mol. The minimum Gasteiger partial charge on any atom is -0.386 e. The number of hydrogen-bond acceptors (Lipinski definition) is 6. The van der Waals surface area contributed by atoms with Gasteiger partial charge in [0.05, 0.1) is 6.10 Å². The molecule has 1 amide bonds. The van der Waals surface area contributed by atoms with Crippen molar-refractivity contribution in [2.45, 2.75) is 70.0 Å². The number of carbonyl (C=O) groups is 1. The Bertz CT molecular complexity index is 846. The molecule has 0 spiro atoms. The molecule has 2 heterocycles. The molecule has 1 fully saturated rings. The first-order valence-corrected chi connectivity index (χ1v) is 11.9. The zero-order valence-corrected chi connectivity index (χ0v) is 19.7. The average Bonchev–Trinajstić information content (AvgIpc) is 2.82. The van der Waals surface area contributed by atoms with Crippen molar-refractivity contribution >= 4 is 5.91 Å². The molecule has 1 saturated heterocycles. The van der Waals surface area contributed by atoms with Crippen LogP contribution in [0.2, 0.25) is 0 Å². The molecule has 1 aliphatic rings. The Morgan fingerprint density at radius 2 is 1.94 bits per heavy atom. The van der Waals surface area contributed by atoms with Crippen LogP contribution in [0.4, 0.5) is 0 Å². The topological polar surface area (TPSA) is 94.9 Å². The standard InChI is InChI=1S/C26H37N3O4/c1-19-17-23(25(31)26(32)33-19)29(2)16-6-9-24(30)28-15-4-3-7-20-10-12-21(13-11-20)22-8-5-14-27-18-22/h5,8,10-14,18-19,23,25-26,31-32H,3-4,6-7,9,15-17H2,1-2H3,(H,28,30)/t19-,23+,25-,26?/m1/s1. The normalized spacial score (nSPS) is 22.9. The predicted molar refractivity (Wildman–Crippen MR) is 128 cm³/mol. The summed E-state index contributed by atoms with van der Waals surface area (Å²) < 4.78 is 5.25. The van der Waals surface area contributed by atoms with E-state index in [1.807, 2.05) is 31.1 Å². The summed E-state index contributed by atoms with van der Waals surface area (Å²) in [4.78, 5) is 18.3. The van der Waals surface area contributed by atoms with Crippen LogP contribution in [0.25, 0.3) is 11.1 Å². The smallest absolute Gasteiger partial charge is 0.220 e. The summed E-state index contributed by atoms with van der Waals surface area (Å²) in [5.74, 6) is 0.0603. The molecule has 3 N–H and O–H groups in total. The zero-order valence-electron chi connectivity index (χ0n) is 19.7. The van der Waals surface area contributed by atoms with Gasteiger partial charge < -0.3 is 25.2 Å². The fourth-order valence-electron chi connectivity index (χ4n) is 4.31.